The fourth-order valence-electron chi connectivity index (χ4n) is 2.74. The molecule has 0 aliphatic heterocycles. The molecule has 1 aliphatic carbocycles. The molecule has 2 rings (SSSR count). The summed E-state index contributed by atoms with van der Waals surface area (Å²) in [7, 11) is 0. The zero-order valence-electron chi connectivity index (χ0n) is 13.0. The van der Waals surface area contributed by atoms with Gasteiger partial charge in [-0.05, 0) is 32.4 Å². The number of benzene rings is 1. The van der Waals surface area contributed by atoms with Crippen molar-refractivity contribution in [3.63, 3.8) is 0 Å². The van der Waals surface area contributed by atoms with Crippen LogP contribution in [0.15, 0.2) is 12.1 Å². The van der Waals surface area contributed by atoms with E-state index in [9.17, 15) is 4.39 Å². The van der Waals surface area contributed by atoms with Crippen LogP contribution in [0.2, 0.25) is 0 Å². The minimum atomic E-state index is -0.405. The molecular weight excluding hydrogens is 287 g/mol. The van der Waals surface area contributed by atoms with Gasteiger partial charge in [-0.15, -0.1) is 0 Å². The molecule has 21 heavy (non-hydrogen) atoms. The number of rotatable bonds is 6. The molecule has 0 amide bonds. The topological polar surface area (TPSA) is 47.3 Å². The first-order chi connectivity index (χ1) is 10.0. The van der Waals surface area contributed by atoms with Crippen LogP contribution in [-0.2, 0) is 0 Å². The third kappa shape index (κ3) is 4.19. The standard InChI is InChI=1S/C16H25FN2OS/c1-4-21-16-7-5-6-13(16)19-14-9-15(20-10(2)3)11(17)8-12(14)18/h8-10,13,16,19H,4-7,18H2,1-3H3. The lowest BCUT2D eigenvalue weighted by molar-refractivity contribution is 0.231. The van der Waals surface area contributed by atoms with Gasteiger partial charge in [-0.2, -0.15) is 11.8 Å². The van der Waals surface area contributed by atoms with Gasteiger partial charge in [0.2, 0.25) is 0 Å². The van der Waals surface area contributed by atoms with Crippen LogP contribution in [0.25, 0.3) is 0 Å². The summed E-state index contributed by atoms with van der Waals surface area (Å²) < 4.78 is 19.4. The predicted molar refractivity (Wildman–Crippen MR) is 89.8 cm³/mol. The molecule has 2 atom stereocenters. The number of nitrogen functional groups attached to an aromatic ring is 1. The molecular formula is C16H25FN2OS. The monoisotopic (exact) mass is 312 g/mol. The van der Waals surface area contributed by atoms with Gasteiger partial charge in [0, 0.05) is 23.4 Å². The van der Waals surface area contributed by atoms with E-state index in [0.29, 0.717) is 17.0 Å². The molecule has 0 radical (unpaired) electrons. The SMILES string of the molecule is CCSC1CCCC1Nc1cc(OC(C)C)c(F)cc1N. The second-order valence-corrected chi connectivity index (χ2v) is 7.23. The van der Waals surface area contributed by atoms with Crippen LogP contribution in [0.5, 0.6) is 5.75 Å². The Balaban J connectivity index is 2.15. The molecule has 1 aromatic rings. The maximum atomic E-state index is 13.9. The number of ether oxygens (including phenoxy) is 1. The predicted octanol–water partition coefficient (Wildman–Crippen LogP) is 4.28. The molecule has 0 spiro atoms. The van der Waals surface area contributed by atoms with Crippen LogP contribution in [0.3, 0.4) is 0 Å². The van der Waals surface area contributed by atoms with Crippen LogP contribution < -0.4 is 15.8 Å². The van der Waals surface area contributed by atoms with Crippen molar-refractivity contribution in [1.82, 2.24) is 0 Å². The average molecular weight is 312 g/mol. The van der Waals surface area contributed by atoms with Crippen molar-refractivity contribution >= 4 is 23.1 Å². The Hall–Kier alpha value is -1.10. The van der Waals surface area contributed by atoms with Crippen LogP contribution in [0.4, 0.5) is 15.8 Å². The van der Waals surface area contributed by atoms with Crippen LogP contribution in [0.1, 0.15) is 40.0 Å². The number of thioether (sulfide) groups is 1. The highest BCUT2D eigenvalue weighted by Gasteiger charge is 2.27. The van der Waals surface area contributed by atoms with E-state index in [4.69, 9.17) is 10.5 Å². The van der Waals surface area contributed by atoms with Crippen molar-refractivity contribution in [3.05, 3.63) is 17.9 Å². The van der Waals surface area contributed by atoms with Gasteiger partial charge in [0.15, 0.2) is 11.6 Å². The van der Waals surface area contributed by atoms with E-state index in [-0.39, 0.29) is 11.9 Å². The zero-order chi connectivity index (χ0) is 15.4. The lowest BCUT2D eigenvalue weighted by Gasteiger charge is -2.23. The van der Waals surface area contributed by atoms with Crippen LogP contribution >= 0.6 is 11.8 Å². The normalized spacial score (nSPS) is 21.8. The molecule has 0 saturated heterocycles. The van der Waals surface area contributed by atoms with Gasteiger partial charge in [0.25, 0.3) is 0 Å². The quantitative estimate of drug-likeness (QED) is 0.770. The molecule has 3 nitrogen and oxygen atoms in total. The number of nitrogens with one attached hydrogen (secondary N) is 1. The lowest BCUT2D eigenvalue weighted by Crippen LogP contribution is -2.26. The van der Waals surface area contributed by atoms with Crippen molar-refractivity contribution in [2.75, 3.05) is 16.8 Å². The lowest BCUT2D eigenvalue weighted by atomic mass is 10.2. The molecule has 5 heteroatoms. The number of hydrogen-bond donors (Lipinski definition) is 2. The van der Waals surface area contributed by atoms with E-state index < -0.39 is 5.82 Å². The summed E-state index contributed by atoms with van der Waals surface area (Å²) in [4.78, 5) is 0. The molecule has 3 N–H and O–H groups in total. The van der Waals surface area contributed by atoms with E-state index in [0.717, 1.165) is 17.9 Å². The molecule has 1 saturated carbocycles. The zero-order valence-corrected chi connectivity index (χ0v) is 13.8. The summed E-state index contributed by atoms with van der Waals surface area (Å²) in [6, 6.07) is 3.43. The minimum Gasteiger partial charge on any atom is -0.488 e. The van der Waals surface area contributed by atoms with Crippen molar-refractivity contribution in [1.29, 1.82) is 0 Å². The first-order valence-corrected chi connectivity index (χ1v) is 8.70. The third-order valence-electron chi connectivity index (χ3n) is 3.64. The molecule has 118 valence electrons. The number of halogens is 1. The molecule has 1 aromatic carbocycles. The highest BCUT2D eigenvalue weighted by Crippen LogP contribution is 2.35. The molecule has 0 bridgehead atoms. The van der Waals surface area contributed by atoms with Crippen molar-refractivity contribution in [2.45, 2.75) is 57.4 Å². The molecule has 1 aliphatic rings. The minimum absolute atomic E-state index is 0.0640. The Kier molecular flexibility index (Phi) is 5.62. The molecule has 2 unspecified atom stereocenters. The van der Waals surface area contributed by atoms with Crippen molar-refractivity contribution in [3.8, 4) is 5.75 Å². The summed E-state index contributed by atoms with van der Waals surface area (Å²) in [6.45, 7) is 5.95. The van der Waals surface area contributed by atoms with E-state index >= 15 is 0 Å². The molecule has 1 fully saturated rings. The second kappa shape index (κ2) is 7.25. The Morgan fingerprint density at radius 3 is 2.86 bits per heavy atom. The molecule has 0 heterocycles. The highest BCUT2D eigenvalue weighted by atomic mass is 32.2. The van der Waals surface area contributed by atoms with Gasteiger partial charge in [-0.25, -0.2) is 4.39 Å². The number of nitrogens with two attached hydrogens (primary N) is 1. The van der Waals surface area contributed by atoms with Crippen molar-refractivity contribution < 1.29 is 9.13 Å². The van der Waals surface area contributed by atoms with E-state index in [1.54, 1.807) is 6.07 Å². The number of anilines is 2. The average Bonchev–Trinajstić information content (AvgIpc) is 2.82. The number of hydrogen-bond acceptors (Lipinski definition) is 4. The first kappa shape index (κ1) is 16.3. The third-order valence-corrected chi connectivity index (χ3v) is 4.97. The first-order valence-electron chi connectivity index (χ1n) is 7.65. The van der Waals surface area contributed by atoms with Gasteiger partial charge in [-0.1, -0.05) is 13.3 Å². The Morgan fingerprint density at radius 1 is 1.43 bits per heavy atom. The smallest absolute Gasteiger partial charge is 0.167 e. The maximum absolute atomic E-state index is 13.9. The Labute approximate surface area is 130 Å². The molecule has 0 aromatic heterocycles. The van der Waals surface area contributed by atoms with Crippen LogP contribution in [0, 0.1) is 5.82 Å². The van der Waals surface area contributed by atoms with Gasteiger partial charge < -0.3 is 15.8 Å². The highest BCUT2D eigenvalue weighted by molar-refractivity contribution is 7.99. The fraction of sp³-hybridized carbons (Fsp3) is 0.625. The van der Waals surface area contributed by atoms with E-state index in [1.165, 1.54) is 18.9 Å². The fourth-order valence-corrected chi connectivity index (χ4v) is 3.94. The Morgan fingerprint density at radius 2 is 2.19 bits per heavy atom. The van der Waals surface area contributed by atoms with E-state index in [1.807, 2.05) is 25.6 Å². The van der Waals surface area contributed by atoms with Crippen LogP contribution in [-0.4, -0.2) is 23.1 Å². The van der Waals surface area contributed by atoms with Gasteiger partial charge >= 0.3 is 0 Å². The summed E-state index contributed by atoms with van der Waals surface area (Å²) in [6.07, 6.45) is 3.53. The van der Waals surface area contributed by atoms with Gasteiger partial charge in [0.05, 0.1) is 17.5 Å². The summed E-state index contributed by atoms with van der Waals surface area (Å²) in [5.41, 5.74) is 7.17. The largest absolute Gasteiger partial charge is 0.488 e. The summed E-state index contributed by atoms with van der Waals surface area (Å²) >= 11 is 1.98. The summed E-state index contributed by atoms with van der Waals surface area (Å²) in [5, 5.41) is 4.10. The van der Waals surface area contributed by atoms with Gasteiger partial charge in [-0.3, -0.25) is 0 Å². The van der Waals surface area contributed by atoms with Gasteiger partial charge in [0.1, 0.15) is 0 Å². The van der Waals surface area contributed by atoms with Crippen molar-refractivity contribution in [2.24, 2.45) is 0 Å². The van der Waals surface area contributed by atoms with E-state index in [2.05, 4.69) is 12.2 Å². The maximum Gasteiger partial charge on any atom is 0.167 e. The Bertz CT molecular complexity index is 482. The second-order valence-electron chi connectivity index (χ2n) is 5.71. The summed E-state index contributed by atoms with van der Waals surface area (Å²) in [5.74, 6) is 0.973.